The van der Waals surface area contributed by atoms with Crippen LogP contribution in [0.1, 0.15) is 61.1 Å². The second kappa shape index (κ2) is 11.1. The largest absolute Gasteiger partial charge is 0.417 e. The second-order valence-electron chi connectivity index (χ2n) is 8.51. The lowest BCUT2D eigenvalue weighted by atomic mass is 9.92. The molecule has 1 unspecified atom stereocenters. The molecule has 0 saturated carbocycles. The Morgan fingerprint density at radius 2 is 2.09 bits per heavy atom. The molecule has 3 rings (SSSR count). The van der Waals surface area contributed by atoms with Gasteiger partial charge in [-0.05, 0) is 55.7 Å². The third kappa shape index (κ3) is 6.42. The number of H-pyrrole nitrogens is 1. The van der Waals surface area contributed by atoms with E-state index in [1.807, 2.05) is 13.8 Å². The third-order valence-corrected chi connectivity index (χ3v) is 5.99. The molecule has 1 aliphatic rings. The van der Waals surface area contributed by atoms with Crippen LogP contribution in [0.15, 0.2) is 47.1 Å². The van der Waals surface area contributed by atoms with Gasteiger partial charge in [0.05, 0.1) is 16.3 Å². The highest BCUT2D eigenvalue weighted by atomic mass is 35.5. The lowest BCUT2D eigenvalue weighted by Crippen LogP contribution is -2.35. The van der Waals surface area contributed by atoms with Crippen LogP contribution in [-0.2, 0) is 6.18 Å². The van der Waals surface area contributed by atoms with Crippen LogP contribution >= 0.6 is 11.6 Å². The normalized spacial score (nSPS) is 17.8. The molecule has 10 heteroatoms. The molecule has 6 nitrogen and oxygen atoms in total. The van der Waals surface area contributed by atoms with Gasteiger partial charge >= 0.3 is 6.18 Å². The minimum Gasteiger partial charge on any atom is -0.314 e. The Kier molecular flexibility index (Phi) is 8.43. The number of aromatic amines is 1. The van der Waals surface area contributed by atoms with Crippen LogP contribution in [0.25, 0.3) is 0 Å². The molecule has 3 N–H and O–H groups in total. The van der Waals surface area contributed by atoms with Gasteiger partial charge in [0.1, 0.15) is 11.5 Å². The standard InChI is InChI=1S/C24H27ClF3N5O/c1-14(2)23(29)32-22(19-9-11-31-33-19)15(12-16-6-3-4-10-30-16)13-20(34)17-7-5-8-18(21(17)25)24(26,27)28/h5,7-9,11,13-14,16,29-30H,3-4,6,10,12H2,1-2H3,(H,31,33)/b15-13+,29-23?,32-22+. The minimum atomic E-state index is -4.68. The van der Waals surface area contributed by atoms with Crippen molar-refractivity contribution < 1.29 is 18.0 Å². The lowest BCUT2D eigenvalue weighted by molar-refractivity contribution is -0.137. The first-order chi connectivity index (χ1) is 16.1. The average Bonchev–Trinajstić information content (AvgIpc) is 3.31. The quantitative estimate of drug-likeness (QED) is 0.195. The summed E-state index contributed by atoms with van der Waals surface area (Å²) in [5.41, 5.74) is -0.0489. The number of hydrogen-bond donors (Lipinski definition) is 3. The van der Waals surface area contributed by atoms with Crippen LogP contribution in [0.4, 0.5) is 13.2 Å². The summed E-state index contributed by atoms with van der Waals surface area (Å²) < 4.78 is 40.0. The first-order valence-electron chi connectivity index (χ1n) is 11.1. The maximum absolute atomic E-state index is 13.3. The van der Waals surface area contributed by atoms with Gasteiger partial charge in [0, 0.05) is 23.7 Å². The summed E-state index contributed by atoms with van der Waals surface area (Å²) in [6.45, 7) is 4.49. The summed E-state index contributed by atoms with van der Waals surface area (Å²) >= 11 is 6.00. The maximum atomic E-state index is 13.3. The zero-order valence-corrected chi connectivity index (χ0v) is 19.7. The second-order valence-corrected chi connectivity index (χ2v) is 8.89. The van der Waals surface area contributed by atoms with Crippen molar-refractivity contribution in [1.29, 1.82) is 5.41 Å². The summed E-state index contributed by atoms with van der Waals surface area (Å²) in [5, 5.41) is 17.9. The molecule has 1 aliphatic heterocycles. The van der Waals surface area contributed by atoms with Gasteiger partial charge in [0.2, 0.25) is 0 Å². The van der Waals surface area contributed by atoms with Crippen molar-refractivity contribution in [1.82, 2.24) is 15.5 Å². The zero-order valence-electron chi connectivity index (χ0n) is 19.0. The van der Waals surface area contributed by atoms with Gasteiger partial charge in [-0.15, -0.1) is 0 Å². The zero-order chi connectivity index (χ0) is 24.9. The number of aromatic nitrogens is 2. The van der Waals surface area contributed by atoms with E-state index in [0.29, 0.717) is 23.4 Å². The number of carbonyl (C=O) groups is 1. The first-order valence-corrected chi connectivity index (χ1v) is 11.5. The monoisotopic (exact) mass is 493 g/mol. The highest BCUT2D eigenvalue weighted by Crippen LogP contribution is 2.36. The van der Waals surface area contributed by atoms with Gasteiger partial charge in [-0.25, -0.2) is 4.99 Å². The van der Waals surface area contributed by atoms with Crippen molar-refractivity contribution in [2.45, 2.75) is 51.7 Å². The Bertz CT molecular complexity index is 1080. The topological polar surface area (TPSA) is 94.0 Å². The number of piperidine rings is 1. The van der Waals surface area contributed by atoms with Crippen molar-refractivity contribution in [2.24, 2.45) is 10.9 Å². The number of nitrogens with one attached hydrogen (secondary N) is 3. The molecule has 34 heavy (non-hydrogen) atoms. The molecule has 0 aliphatic carbocycles. The summed E-state index contributed by atoms with van der Waals surface area (Å²) in [6, 6.07) is 5.01. The van der Waals surface area contributed by atoms with Crippen LogP contribution in [0.2, 0.25) is 5.02 Å². The van der Waals surface area contributed by atoms with E-state index in [0.717, 1.165) is 37.9 Å². The van der Waals surface area contributed by atoms with Crippen LogP contribution < -0.4 is 5.32 Å². The number of allylic oxidation sites excluding steroid dienone is 1. The van der Waals surface area contributed by atoms with Gasteiger partial charge in [-0.3, -0.25) is 15.3 Å². The molecule has 1 aromatic heterocycles. The predicted molar refractivity (Wildman–Crippen MR) is 127 cm³/mol. The molecule has 0 spiro atoms. The van der Waals surface area contributed by atoms with Crippen LogP contribution in [0, 0.1) is 11.3 Å². The van der Waals surface area contributed by atoms with E-state index in [2.05, 4.69) is 20.5 Å². The number of benzene rings is 1. The molecule has 1 atom stereocenters. The predicted octanol–water partition coefficient (Wildman–Crippen LogP) is 5.85. The molecule has 0 bridgehead atoms. The minimum absolute atomic E-state index is 0.0576. The number of aliphatic imine (C=N–C) groups is 1. The molecule has 1 fully saturated rings. The van der Waals surface area contributed by atoms with Gasteiger partial charge in [0.15, 0.2) is 5.78 Å². The Hall–Kier alpha value is -2.78. The fraction of sp³-hybridized carbons (Fsp3) is 0.417. The number of rotatable bonds is 7. The number of alkyl halides is 3. The summed E-state index contributed by atoms with van der Waals surface area (Å²) in [6.07, 6.45) is 1.55. The molecule has 1 aromatic carbocycles. The fourth-order valence-corrected chi connectivity index (χ4v) is 4.03. The highest BCUT2D eigenvalue weighted by molar-refractivity contribution is 6.35. The Balaban J connectivity index is 2.10. The Morgan fingerprint density at radius 1 is 1.32 bits per heavy atom. The average molecular weight is 494 g/mol. The first kappa shape index (κ1) is 25.8. The summed E-state index contributed by atoms with van der Waals surface area (Å²) in [5.74, 6) is -0.733. The number of amidine groups is 1. The van der Waals surface area contributed by atoms with Gasteiger partial charge < -0.3 is 5.32 Å². The van der Waals surface area contributed by atoms with Gasteiger partial charge in [-0.2, -0.15) is 18.3 Å². The lowest BCUT2D eigenvalue weighted by Gasteiger charge is -2.25. The maximum Gasteiger partial charge on any atom is 0.417 e. The van der Waals surface area contributed by atoms with E-state index in [-0.39, 0.29) is 23.4 Å². The molecular formula is C24H27ClF3N5O. The fourth-order valence-electron chi connectivity index (χ4n) is 3.70. The van der Waals surface area contributed by atoms with E-state index >= 15 is 0 Å². The number of ketones is 1. The SMILES string of the molecule is CC(C)C(=N)/N=C(\C(=C\C(=O)c1cccc(C(F)(F)F)c1Cl)CC1CCCCN1)c1cc[nH]n1. The van der Waals surface area contributed by atoms with Crippen molar-refractivity contribution >= 4 is 28.9 Å². The van der Waals surface area contributed by atoms with Crippen molar-refractivity contribution in [2.75, 3.05) is 6.54 Å². The number of hydrogen-bond acceptors (Lipinski definition) is 4. The van der Waals surface area contributed by atoms with E-state index < -0.39 is 22.5 Å². The van der Waals surface area contributed by atoms with Gasteiger partial charge in [-0.1, -0.05) is 37.9 Å². The Morgan fingerprint density at radius 3 is 2.68 bits per heavy atom. The number of carbonyl (C=O) groups excluding carboxylic acids is 1. The molecule has 0 amide bonds. The van der Waals surface area contributed by atoms with E-state index in [1.54, 1.807) is 12.3 Å². The van der Waals surface area contributed by atoms with Gasteiger partial charge in [0.25, 0.3) is 0 Å². The molecule has 2 heterocycles. The van der Waals surface area contributed by atoms with Crippen LogP contribution in [0.3, 0.4) is 0 Å². The third-order valence-electron chi connectivity index (χ3n) is 5.58. The van der Waals surface area contributed by atoms with E-state index in [4.69, 9.17) is 17.0 Å². The molecular weight excluding hydrogens is 467 g/mol. The van der Waals surface area contributed by atoms with Crippen LogP contribution in [-0.4, -0.2) is 40.1 Å². The van der Waals surface area contributed by atoms with E-state index in [9.17, 15) is 18.0 Å². The van der Waals surface area contributed by atoms with Crippen LogP contribution in [0.5, 0.6) is 0 Å². The molecule has 2 aromatic rings. The van der Waals surface area contributed by atoms with E-state index in [1.165, 1.54) is 12.1 Å². The summed E-state index contributed by atoms with van der Waals surface area (Å²) in [7, 11) is 0. The van der Waals surface area contributed by atoms with Crippen molar-refractivity contribution in [3.05, 3.63) is 64.0 Å². The number of halogens is 4. The molecule has 0 radical (unpaired) electrons. The highest BCUT2D eigenvalue weighted by Gasteiger charge is 2.34. The Labute approximate surface area is 201 Å². The van der Waals surface area contributed by atoms with Crippen molar-refractivity contribution in [3.63, 3.8) is 0 Å². The molecule has 1 saturated heterocycles. The van der Waals surface area contributed by atoms with Crippen molar-refractivity contribution in [3.8, 4) is 0 Å². The smallest absolute Gasteiger partial charge is 0.314 e. The summed E-state index contributed by atoms with van der Waals surface area (Å²) in [4.78, 5) is 17.7. The number of nitrogens with zero attached hydrogens (tertiary/aromatic N) is 2. The molecule has 182 valence electrons.